The third kappa shape index (κ3) is 3.23. The summed E-state index contributed by atoms with van der Waals surface area (Å²) in [6.45, 7) is 5.15. The number of hydrogen-bond donors (Lipinski definition) is 0. The summed E-state index contributed by atoms with van der Waals surface area (Å²) in [5, 5.41) is 0. The fraction of sp³-hybridized carbons (Fsp3) is 0.385. The highest BCUT2D eigenvalue weighted by atomic mass is 16.6. The molecule has 0 aliphatic heterocycles. The third-order valence-electron chi connectivity index (χ3n) is 2.34. The molecule has 5 heteroatoms. The largest absolute Gasteiger partial charge is 0.449 e. The van der Waals surface area contributed by atoms with Gasteiger partial charge in [-0.15, -0.1) is 0 Å². The molecule has 0 aromatic heterocycles. The lowest BCUT2D eigenvalue weighted by atomic mass is 10.2. The molecule has 0 atom stereocenters. The van der Waals surface area contributed by atoms with E-state index < -0.39 is 12.1 Å². The number of carbonyl (C=O) groups is 2. The van der Waals surface area contributed by atoms with Crippen LogP contribution in [0.3, 0.4) is 0 Å². The summed E-state index contributed by atoms with van der Waals surface area (Å²) in [5.41, 5.74) is 1.28. The molecule has 5 nitrogen and oxygen atoms in total. The van der Waals surface area contributed by atoms with E-state index in [-0.39, 0.29) is 6.61 Å². The molecular weight excluding hydrogens is 234 g/mol. The zero-order valence-electron chi connectivity index (χ0n) is 11.0. The van der Waals surface area contributed by atoms with E-state index in [9.17, 15) is 9.59 Å². The molecule has 0 saturated carbocycles. The molecule has 0 fully saturated rings. The maximum atomic E-state index is 11.7. The SMILES string of the molecule is CCOC(=O)N(C)c1cccc(C)c1OC(C)=O. The Morgan fingerprint density at radius 1 is 1.33 bits per heavy atom. The van der Waals surface area contributed by atoms with Crippen molar-refractivity contribution >= 4 is 17.7 Å². The first kappa shape index (κ1) is 14.0. The van der Waals surface area contributed by atoms with E-state index in [4.69, 9.17) is 9.47 Å². The van der Waals surface area contributed by atoms with Crippen LogP contribution in [0.25, 0.3) is 0 Å². The minimum atomic E-state index is -0.489. The molecule has 98 valence electrons. The van der Waals surface area contributed by atoms with E-state index in [2.05, 4.69) is 0 Å². The lowest BCUT2D eigenvalue weighted by Crippen LogP contribution is -2.27. The molecule has 0 spiro atoms. The first-order valence-corrected chi connectivity index (χ1v) is 5.65. The van der Waals surface area contributed by atoms with Gasteiger partial charge in [0.1, 0.15) is 0 Å². The standard InChI is InChI=1S/C13H17NO4/c1-5-17-13(16)14(4)11-8-6-7-9(2)12(11)18-10(3)15/h6-8H,5H2,1-4H3. The number of esters is 1. The Morgan fingerprint density at radius 3 is 2.56 bits per heavy atom. The van der Waals surface area contributed by atoms with E-state index in [0.29, 0.717) is 11.4 Å². The molecule has 18 heavy (non-hydrogen) atoms. The molecule has 0 bridgehead atoms. The van der Waals surface area contributed by atoms with Gasteiger partial charge in [0.05, 0.1) is 12.3 Å². The summed E-state index contributed by atoms with van der Waals surface area (Å²) in [6.07, 6.45) is -0.489. The van der Waals surface area contributed by atoms with Crippen LogP contribution in [0.5, 0.6) is 5.75 Å². The molecule has 0 radical (unpaired) electrons. The van der Waals surface area contributed by atoms with Crippen LogP contribution < -0.4 is 9.64 Å². The summed E-state index contributed by atoms with van der Waals surface area (Å²) < 4.78 is 10.0. The monoisotopic (exact) mass is 251 g/mol. The van der Waals surface area contributed by atoms with Gasteiger partial charge in [0.15, 0.2) is 5.75 Å². The fourth-order valence-corrected chi connectivity index (χ4v) is 1.50. The Hall–Kier alpha value is -2.04. The molecule has 1 aromatic carbocycles. The van der Waals surface area contributed by atoms with Crippen molar-refractivity contribution in [2.24, 2.45) is 0 Å². The summed E-state index contributed by atoms with van der Waals surface area (Å²) in [6, 6.07) is 5.29. The normalized spacial score (nSPS) is 9.78. The van der Waals surface area contributed by atoms with Gasteiger partial charge in [0.25, 0.3) is 0 Å². The zero-order valence-corrected chi connectivity index (χ0v) is 11.0. The van der Waals surface area contributed by atoms with E-state index in [1.807, 2.05) is 0 Å². The maximum absolute atomic E-state index is 11.7. The predicted molar refractivity (Wildman–Crippen MR) is 67.9 cm³/mol. The molecule has 1 rings (SSSR count). The zero-order chi connectivity index (χ0) is 13.7. The number of aryl methyl sites for hydroxylation is 1. The smallest absolute Gasteiger partial charge is 0.414 e. The average molecular weight is 251 g/mol. The van der Waals surface area contributed by atoms with Gasteiger partial charge in [0.2, 0.25) is 0 Å². The number of amides is 1. The Bertz CT molecular complexity index is 456. The van der Waals surface area contributed by atoms with E-state index in [0.717, 1.165) is 5.56 Å². The van der Waals surface area contributed by atoms with E-state index in [1.54, 1.807) is 39.1 Å². The Labute approximate surface area is 106 Å². The number of anilines is 1. The van der Waals surface area contributed by atoms with Gasteiger partial charge in [-0.05, 0) is 25.5 Å². The molecule has 1 amide bonds. The van der Waals surface area contributed by atoms with Gasteiger partial charge in [-0.1, -0.05) is 12.1 Å². The Morgan fingerprint density at radius 2 is 2.00 bits per heavy atom. The topological polar surface area (TPSA) is 55.8 Å². The number of ether oxygens (including phenoxy) is 2. The quantitative estimate of drug-likeness (QED) is 0.612. The summed E-state index contributed by atoms with van der Waals surface area (Å²) in [5.74, 6) is -0.0524. The van der Waals surface area contributed by atoms with Crippen molar-refractivity contribution < 1.29 is 19.1 Å². The number of para-hydroxylation sites is 1. The van der Waals surface area contributed by atoms with Gasteiger partial charge in [-0.25, -0.2) is 4.79 Å². The van der Waals surface area contributed by atoms with E-state index in [1.165, 1.54) is 11.8 Å². The Kier molecular flexibility index (Phi) is 4.71. The minimum absolute atomic E-state index is 0.290. The molecule has 0 N–H and O–H groups in total. The van der Waals surface area contributed by atoms with Crippen molar-refractivity contribution in [3.8, 4) is 5.75 Å². The van der Waals surface area contributed by atoms with Gasteiger partial charge < -0.3 is 9.47 Å². The van der Waals surface area contributed by atoms with Crippen LogP contribution in [0.15, 0.2) is 18.2 Å². The van der Waals surface area contributed by atoms with Gasteiger partial charge in [-0.2, -0.15) is 0 Å². The summed E-state index contributed by atoms with van der Waals surface area (Å²) in [4.78, 5) is 24.0. The van der Waals surface area contributed by atoms with E-state index >= 15 is 0 Å². The van der Waals surface area contributed by atoms with Gasteiger partial charge >= 0.3 is 12.1 Å². The van der Waals surface area contributed by atoms with Crippen LogP contribution in [-0.2, 0) is 9.53 Å². The number of benzene rings is 1. The first-order chi connectivity index (χ1) is 8.47. The Balaban J connectivity index is 3.11. The highest BCUT2D eigenvalue weighted by Gasteiger charge is 2.18. The lowest BCUT2D eigenvalue weighted by Gasteiger charge is -2.20. The third-order valence-corrected chi connectivity index (χ3v) is 2.34. The van der Waals surface area contributed by atoms with Crippen molar-refractivity contribution in [1.82, 2.24) is 0 Å². The fourth-order valence-electron chi connectivity index (χ4n) is 1.50. The molecular formula is C13H17NO4. The van der Waals surface area contributed by atoms with Crippen LogP contribution in [-0.4, -0.2) is 25.7 Å². The van der Waals surface area contributed by atoms with Crippen LogP contribution in [0.4, 0.5) is 10.5 Å². The molecule has 0 saturated heterocycles. The predicted octanol–water partition coefficient (Wildman–Crippen LogP) is 2.51. The summed E-state index contributed by atoms with van der Waals surface area (Å²) >= 11 is 0. The van der Waals surface area contributed by atoms with Crippen molar-refractivity contribution in [2.75, 3.05) is 18.6 Å². The molecule has 0 heterocycles. The average Bonchev–Trinajstić information content (AvgIpc) is 2.30. The highest BCUT2D eigenvalue weighted by molar-refractivity contribution is 5.90. The second kappa shape index (κ2) is 6.05. The number of hydrogen-bond acceptors (Lipinski definition) is 4. The first-order valence-electron chi connectivity index (χ1n) is 5.65. The lowest BCUT2D eigenvalue weighted by molar-refractivity contribution is -0.131. The molecule has 0 aliphatic rings. The molecule has 1 aromatic rings. The van der Waals surface area contributed by atoms with Crippen LogP contribution in [0.2, 0.25) is 0 Å². The minimum Gasteiger partial charge on any atom is -0.449 e. The van der Waals surface area contributed by atoms with Crippen molar-refractivity contribution in [3.63, 3.8) is 0 Å². The molecule has 0 aliphatic carbocycles. The van der Waals surface area contributed by atoms with Crippen LogP contribution in [0.1, 0.15) is 19.4 Å². The number of nitrogens with zero attached hydrogens (tertiary/aromatic N) is 1. The van der Waals surface area contributed by atoms with Gasteiger partial charge in [-0.3, -0.25) is 9.69 Å². The number of rotatable bonds is 3. The van der Waals surface area contributed by atoms with Gasteiger partial charge in [0, 0.05) is 14.0 Å². The van der Waals surface area contributed by atoms with Crippen molar-refractivity contribution in [1.29, 1.82) is 0 Å². The van der Waals surface area contributed by atoms with Crippen LogP contribution in [0, 0.1) is 6.92 Å². The summed E-state index contributed by atoms with van der Waals surface area (Å²) in [7, 11) is 1.57. The molecule has 0 unspecified atom stereocenters. The van der Waals surface area contributed by atoms with Crippen LogP contribution >= 0.6 is 0 Å². The maximum Gasteiger partial charge on any atom is 0.414 e. The second-order valence-corrected chi connectivity index (χ2v) is 3.77. The highest BCUT2D eigenvalue weighted by Crippen LogP contribution is 2.31. The van der Waals surface area contributed by atoms with Crippen molar-refractivity contribution in [3.05, 3.63) is 23.8 Å². The van der Waals surface area contributed by atoms with Crippen molar-refractivity contribution in [2.45, 2.75) is 20.8 Å². The number of carbonyl (C=O) groups excluding carboxylic acids is 2. The second-order valence-electron chi connectivity index (χ2n) is 3.77.